The van der Waals surface area contributed by atoms with Crippen molar-refractivity contribution in [3.05, 3.63) is 40.4 Å². The second-order valence-corrected chi connectivity index (χ2v) is 6.50. The first kappa shape index (κ1) is 14.6. The fraction of sp³-hybridized carbons (Fsp3) is 0.438. The van der Waals surface area contributed by atoms with Crippen molar-refractivity contribution in [1.29, 1.82) is 0 Å². The summed E-state index contributed by atoms with van der Waals surface area (Å²) in [6.45, 7) is 2.87. The Morgan fingerprint density at radius 1 is 1.33 bits per heavy atom. The maximum Gasteiger partial charge on any atom is 0.133 e. The van der Waals surface area contributed by atoms with E-state index in [1.54, 1.807) is 0 Å². The molecule has 1 heterocycles. The summed E-state index contributed by atoms with van der Waals surface area (Å²) in [7, 11) is 0. The predicted octanol–water partition coefficient (Wildman–Crippen LogP) is 4.29. The molecule has 5 heteroatoms. The van der Waals surface area contributed by atoms with E-state index < -0.39 is 11.6 Å². The smallest absolute Gasteiger partial charge is 0.133 e. The molecule has 1 aromatic carbocycles. The number of nitrogens with one attached hydrogen (secondary N) is 1. The highest BCUT2D eigenvalue weighted by atomic mass is 32.1. The SMILES string of the molecule is CCCc1nc(-c2cc(F)ccc2F)sc1CNC1CC1. The van der Waals surface area contributed by atoms with Gasteiger partial charge in [0.1, 0.15) is 16.6 Å². The van der Waals surface area contributed by atoms with Crippen molar-refractivity contribution in [1.82, 2.24) is 10.3 Å². The van der Waals surface area contributed by atoms with Crippen molar-refractivity contribution in [3.8, 4) is 10.6 Å². The quantitative estimate of drug-likeness (QED) is 0.861. The highest BCUT2D eigenvalue weighted by Gasteiger charge is 2.22. The van der Waals surface area contributed by atoms with Crippen molar-refractivity contribution < 1.29 is 8.78 Å². The lowest BCUT2D eigenvalue weighted by Gasteiger charge is -2.01. The minimum Gasteiger partial charge on any atom is -0.309 e. The molecule has 0 atom stereocenters. The Morgan fingerprint density at radius 2 is 2.14 bits per heavy atom. The summed E-state index contributed by atoms with van der Waals surface area (Å²) in [6, 6.07) is 4.14. The molecule has 0 amide bonds. The van der Waals surface area contributed by atoms with Crippen LogP contribution in [0.2, 0.25) is 0 Å². The van der Waals surface area contributed by atoms with Crippen LogP contribution in [0.25, 0.3) is 10.6 Å². The third kappa shape index (κ3) is 3.47. The number of hydrogen-bond acceptors (Lipinski definition) is 3. The van der Waals surface area contributed by atoms with Gasteiger partial charge in [-0.3, -0.25) is 0 Å². The molecule has 0 saturated heterocycles. The van der Waals surface area contributed by atoms with Crippen molar-refractivity contribution in [2.75, 3.05) is 0 Å². The molecular formula is C16H18F2N2S. The van der Waals surface area contributed by atoms with Crippen LogP contribution in [0.5, 0.6) is 0 Å². The Bertz CT molecular complexity index is 635. The summed E-state index contributed by atoms with van der Waals surface area (Å²) >= 11 is 1.46. The number of aromatic nitrogens is 1. The van der Waals surface area contributed by atoms with Gasteiger partial charge in [-0.1, -0.05) is 13.3 Å². The van der Waals surface area contributed by atoms with E-state index >= 15 is 0 Å². The first-order valence-corrected chi connectivity index (χ1v) is 8.16. The van der Waals surface area contributed by atoms with Crippen LogP contribution in [0.15, 0.2) is 18.2 Å². The zero-order valence-electron chi connectivity index (χ0n) is 12.0. The molecule has 1 saturated carbocycles. The van der Waals surface area contributed by atoms with Crippen molar-refractivity contribution in [3.63, 3.8) is 0 Å². The molecule has 1 aliphatic carbocycles. The lowest BCUT2D eigenvalue weighted by Crippen LogP contribution is -2.15. The molecule has 0 radical (unpaired) electrons. The number of thiazole rings is 1. The van der Waals surface area contributed by atoms with E-state index in [9.17, 15) is 8.78 Å². The molecule has 0 unspecified atom stereocenters. The van der Waals surface area contributed by atoms with Gasteiger partial charge in [0.05, 0.1) is 5.69 Å². The van der Waals surface area contributed by atoms with E-state index in [0.29, 0.717) is 11.0 Å². The van der Waals surface area contributed by atoms with E-state index in [1.807, 2.05) is 0 Å². The standard InChI is InChI=1S/C16H18F2N2S/c1-2-3-14-15(9-19-11-5-6-11)21-16(20-14)12-8-10(17)4-7-13(12)18/h4,7-8,11,19H,2-3,5-6,9H2,1H3. The van der Waals surface area contributed by atoms with Crippen LogP contribution < -0.4 is 5.32 Å². The molecular weight excluding hydrogens is 290 g/mol. The van der Waals surface area contributed by atoms with Gasteiger partial charge in [-0.25, -0.2) is 13.8 Å². The van der Waals surface area contributed by atoms with Crippen LogP contribution in [-0.4, -0.2) is 11.0 Å². The van der Waals surface area contributed by atoms with E-state index in [2.05, 4.69) is 17.2 Å². The Morgan fingerprint density at radius 3 is 2.86 bits per heavy atom. The number of halogens is 2. The van der Waals surface area contributed by atoms with Crippen LogP contribution in [0.4, 0.5) is 8.78 Å². The first-order chi connectivity index (χ1) is 10.2. The molecule has 2 nitrogen and oxygen atoms in total. The molecule has 0 aliphatic heterocycles. The average Bonchev–Trinajstić information content (AvgIpc) is 3.21. The topological polar surface area (TPSA) is 24.9 Å². The van der Waals surface area contributed by atoms with Crippen LogP contribution >= 0.6 is 11.3 Å². The Hall–Kier alpha value is -1.33. The lowest BCUT2D eigenvalue weighted by molar-refractivity contribution is 0.603. The summed E-state index contributed by atoms with van der Waals surface area (Å²) in [5, 5.41) is 4.04. The summed E-state index contributed by atoms with van der Waals surface area (Å²) in [4.78, 5) is 5.68. The van der Waals surface area contributed by atoms with E-state index in [4.69, 9.17) is 0 Å². The minimum atomic E-state index is -0.434. The third-order valence-electron chi connectivity index (χ3n) is 3.55. The number of nitrogens with zero attached hydrogens (tertiary/aromatic N) is 1. The average molecular weight is 308 g/mol. The fourth-order valence-corrected chi connectivity index (χ4v) is 3.33. The van der Waals surface area contributed by atoms with E-state index in [0.717, 1.165) is 42.1 Å². The van der Waals surface area contributed by atoms with Crippen LogP contribution in [0.1, 0.15) is 36.8 Å². The van der Waals surface area contributed by atoms with Gasteiger partial charge >= 0.3 is 0 Å². The molecule has 3 rings (SSSR count). The van der Waals surface area contributed by atoms with Gasteiger partial charge in [-0.2, -0.15) is 0 Å². The molecule has 2 aromatic rings. The molecule has 1 N–H and O–H groups in total. The molecule has 21 heavy (non-hydrogen) atoms. The molecule has 1 aromatic heterocycles. The zero-order chi connectivity index (χ0) is 14.8. The van der Waals surface area contributed by atoms with Crippen LogP contribution in [0, 0.1) is 11.6 Å². The summed E-state index contributed by atoms with van der Waals surface area (Å²) in [5.41, 5.74) is 1.27. The lowest BCUT2D eigenvalue weighted by atomic mass is 10.2. The molecule has 112 valence electrons. The van der Waals surface area contributed by atoms with Gasteiger partial charge in [0.25, 0.3) is 0 Å². The summed E-state index contributed by atoms with van der Waals surface area (Å²) in [5.74, 6) is -0.855. The minimum absolute atomic E-state index is 0.259. The molecule has 0 spiro atoms. The third-order valence-corrected chi connectivity index (χ3v) is 4.68. The van der Waals surface area contributed by atoms with Gasteiger partial charge in [0.2, 0.25) is 0 Å². The van der Waals surface area contributed by atoms with Gasteiger partial charge in [0.15, 0.2) is 0 Å². The van der Waals surface area contributed by atoms with Crippen LogP contribution in [0.3, 0.4) is 0 Å². The number of rotatable bonds is 6. The fourth-order valence-electron chi connectivity index (χ4n) is 2.25. The van der Waals surface area contributed by atoms with E-state index in [-0.39, 0.29) is 5.56 Å². The van der Waals surface area contributed by atoms with Crippen molar-refractivity contribution in [2.45, 2.75) is 45.2 Å². The Kier molecular flexibility index (Phi) is 4.31. The molecule has 0 bridgehead atoms. The van der Waals surface area contributed by atoms with Crippen molar-refractivity contribution >= 4 is 11.3 Å². The normalized spacial score (nSPS) is 14.6. The Balaban J connectivity index is 1.90. The first-order valence-electron chi connectivity index (χ1n) is 7.34. The Labute approximate surface area is 127 Å². The maximum atomic E-state index is 13.9. The highest BCUT2D eigenvalue weighted by Crippen LogP contribution is 2.32. The highest BCUT2D eigenvalue weighted by molar-refractivity contribution is 7.15. The predicted molar refractivity (Wildman–Crippen MR) is 81.3 cm³/mol. The van der Waals surface area contributed by atoms with E-state index in [1.165, 1.54) is 30.2 Å². The van der Waals surface area contributed by atoms with Crippen LogP contribution in [-0.2, 0) is 13.0 Å². The van der Waals surface area contributed by atoms with Gasteiger partial charge < -0.3 is 5.32 Å². The zero-order valence-corrected chi connectivity index (χ0v) is 12.8. The van der Waals surface area contributed by atoms with Crippen molar-refractivity contribution in [2.24, 2.45) is 0 Å². The second kappa shape index (κ2) is 6.20. The monoisotopic (exact) mass is 308 g/mol. The van der Waals surface area contributed by atoms with Gasteiger partial charge in [-0.15, -0.1) is 11.3 Å². The largest absolute Gasteiger partial charge is 0.309 e. The molecule has 1 fully saturated rings. The number of hydrogen-bond donors (Lipinski definition) is 1. The van der Waals surface area contributed by atoms with Gasteiger partial charge in [0, 0.05) is 23.0 Å². The molecule has 1 aliphatic rings. The number of benzene rings is 1. The maximum absolute atomic E-state index is 13.9. The summed E-state index contributed by atoms with van der Waals surface area (Å²) in [6.07, 6.45) is 4.32. The second-order valence-electron chi connectivity index (χ2n) is 5.42. The van der Waals surface area contributed by atoms with Gasteiger partial charge in [-0.05, 0) is 37.5 Å². The summed E-state index contributed by atoms with van der Waals surface area (Å²) < 4.78 is 27.2. The number of aryl methyl sites for hydroxylation is 1.